The summed E-state index contributed by atoms with van der Waals surface area (Å²) in [4.78, 5) is 4.45. The van der Waals surface area contributed by atoms with Crippen LogP contribution in [0.3, 0.4) is 0 Å². The van der Waals surface area contributed by atoms with Crippen LogP contribution in [-0.2, 0) is 5.41 Å². The van der Waals surface area contributed by atoms with E-state index in [2.05, 4.69) is 72.6 Å². The molecule has 1 heterocycles. The number of aromatic nitrogens is 1. The van der Waals surface area contributed by atoms with Crippen LogP contribution in [0, 0.1) is 3.57 Å². The zero-order chi connectivity index (χ0) is 11.1. The minimum atomic E-state index is 0.193. The van der Waals surface area contributed by atoms with Gasteiger partial charge in [-0.1, -0.05) is 32.9 Å². The molecule has 0 aliphatic heterocycles. The van der Waals surface area contributed by atoms with Crippen molar-refractivity contribution < 1.29 is 0 Å². The van der Waals surface area contributed by atoms with Gasteiger partial charge >= 0.3 is 0 Å². The van der Waals surface area contributed by atoms with Crippen molar-refractivity contribution in [3.05, 3.63) is 39.6 Å². The molecule has 0 radical (unpaired) electrons. The topological polar surface area (TPSA) is 12.9 Å². The summed E-state index contributed by atoms with van der Waals surface area (Å²) in [5, 5.41) is 1.22. The summed E-state index contributed by atoms with van der Waals surface area (Å²) in [5.41, 5.74) is 2.62. The molecule has 0 amide bonds. The second-order valence-corrected chi connectivity index (χ2v) is 6.06. The number of nitrogens with zero attached hydrogens (tertiary/aromatic N) is 1. The van der Waals surface area contributed by atoms with Crippen molar-refractivity contribution in [2.45, 2.75) is 26.2 Å². The molecule has 1 nitrogen and oxygen atoms in total. The van der Waals surface area contributed by atoms with E-state index in [1.54, 1.807) is 0 Å². The van der Waals surface area contributed by atoms with Crippen molar-refractivity contribution in [1.82, 2.24) is 4.98 Å². The summed E-state index contributed by atoms with van der Waals surface area (Å²) in [7, 11) is 0. The molecule has 2 rings (SSSR count). The molecule has 0 fully saturated rings. The Hall–Kier alpha value is -0.640. The fraction of sp³-hybridized carbons (Fsp3) is 0.308. The van der Waals surface area contributed by atoms with Gasteiger partial charge in [-0.2, -0.15) is 0 Å². The Kier molecular flexibility index (Phi) is 2.71. The first kappa shape index (κ1) is 10.9. The second-order valence-electron chi connectivity index (χ2n) is 4.81. The summed E-state index contributed by atoms with van der Waals surface area (Å²) < 4.78 is 1.18. The third kappa shape index (κ3) is 2.30. The Morgan fingerprint density at radius 2 is 1.87 bits per heavy atom. The largest absolute Gasteiger partial charge is 0.255 e. The van der Waals surface area contributed by atoms with E-state index in [-0.39, 0.29) is 5.41 Å². The van der Waals surface area contributed by atoms with Gasteiger partial charge in [0.05, 0.1) is 5.52 Å². The number of hydrogen-bond donors (Lipinski definition) is 0. The molecule has 0 atom stereocenters. The SMILES string of the molecule is CC(C)(C)c1ccc2cc(I)cnc2c1. The van der Waals surface area contributed by atoms with Gasteiger partial charge in [0.2, 0.25) is 0 Å². The average molecular weight is 311 g/mol. The summed E-state index contributed by atoms with van der Waals surface area (Å²) in [6.45, 7) is 6.67. The lowest BCUT2D eigenvalue weighted by atomic mass is 9.86. The molecule has 78 valence electrons. The summed E-state index contributed by atoms with van der Waals surface area (Å²) in [6.07, 6.45) is 1.91. The molecule has 0 saturated carbocycles. The zero-order valence-electron chi connectivity index (χ0n) is 9.21. The predicted molar refractivity (Wildman–Crippen MR) is 73.2 cm³/mol. The number of fused-ring (bicyclic) bond motifs is 1. The Bertz CT molecular complexity index is 497. The van der Waals surface area contributed by atoms with Crippen molar-refractivity contribution in [2.75, 3.05) is 0 Å². The van der Waals surface area contributed by atoms with Crippen LogP contribution in [0.1, 0.15) is 26.3 Å². The minimum absolute atomic E-state index is 0.193. The summed E-state index contributed by atoms with van der Waals surface area (Å²) in [5.74, 6) is 0. The van der Waals surface area contributed by atoms with E-state index in [0.717, 1.165) is 5.52 Å². The monoisotopic (exact) mass is 311 g/mol. The predicted octanol–water partition coefficient (Wildman–Crippen LogP) is 4.14. The molecule has 0 bridgehead atoms. The molecule has 0 spiro atoms. The highest BCUT2D eigenvalue weighted by atomic mass is 127. The van der Waals surface area contributed by atoms with Crippen LogP contribution in [0.4, 0.5) is 0 Å². The molecular formula is C13H14IN. The van der Waals surface area contributed by atoms with Crippen LogP contribution in [0.5, 0.6) is 0 Å². The van der Waals surface area contributed by atoms with E-state index >= 15 is 0 Å². The van der Waals surface area contributed by atoms with Crippen molar-refractivity contribution in [1.29, 1.82) is 0 Å². The number of hydrogen-bond acceptors (Lipinski definition) is 1. The molecule has 15 heavy (non-hydrogen) atoms. The van der Waals surface area contributed by atoms with E-state index in [0.29, 0.717) is 0 Å². The van der Waals surface area contributed by atoms with Crippen LogP contribution < -0.4 is 0 Å². The maximum atomic E-state index is 4.45. The first-order valence-electron chi connectivity index (χ1n) is 5.02. The van der Waals surface area contributed by atoms with Crippen LogP contribution in [0.25, 0.3) is 10.9 Å². The van der Waals surface area contributed by atoms with E-state index in [1.807, 2.05) is 6.20 Å². The van der Waals surface area contributed by atoms with Crippen molar-refractivity contribution >= 4 is 33.5 Å². The molecule has 2 aromatic rings. The quantitative estimate of drug-likeness (QED) is 0.667. The number of pyridine rings is 1. The standard InChI is InChI=1S/C13H14IN/c1-13(2,3)10-5-4-9-6-11(14)8-15-12(9)7-10/h4-8H,1-3H3. The summed E-state index contributed by atoms with van der Waals surface area (Å²) in [6, 6.07) is 8.70. The van der Waals surface area contributed by atoms with E-state index in [1.165, 1.54) is 14.5 Å². The van der Waals surface area contributed by atoms with Gasteiger partial charge < -0.3 is 0 Å². The normalized spacial score (nSPS) is 12.0. The Labute approximate surface area is 104 Å². The third-order valence-corrected chi connectivity index (χ3v) is 3.11. The molecule has 1 aromatic carbocycles. The number of halogens is 1. The Morgan fingerprint density at radius 1 is 1.13 bits per heavy atom. The molecule has 1 aromatic heterocycles. The maximum Gasteiger partial charge on any atom is 0.0705 e. The van der Waals surface area contributed by atoms with Crippen LogP contribution in [-0.4, -0.2) is 4.98 Å². The Morgan fingerprint density at radius 3 is 2.53 bits per heavy atom. The van der Waals surface area contributed by atoms with Gasteiger partial charge in [0.25, 0.3) is 0 Å². The maximum absolute atomic E-state index is 4.45. The molecule has 0 saturated heterocycles. The van der Waals surface area contributed by atoms with Crippen LogP contribution in [0.15, 0.2) is 30.5 Å². The van der Waals surface area contributed by atoms with Gasteiger partial charge in [-0.05, 0) is 45.7 Å². The van der Waals surface area contributed by atoms with Crippen molar-refractivity contribution in [3.63, 3.8) is 0 Å². The minimum Gasteiger partial charge on any atom is -0.255 e. The third-order valence-electron chi connectivity index (χ3n) is 2.52. The molecule has 0 unspecified atom stereocenters. The van der Waals surface area contributed by atoms with Crippen molar-refractivity contribution in [3.8, 4) is 0 Å². The molecule has 0 N–H and O–H groups in total. The first-order valence-corrected chi connectivity index (χ1v) is 6.10. The van der Waals surface area contributed by atoms with Gasteiger partial charge in [0, 0.05) is 15.2 Å². The lowest BCUT2D eigenvalue weighted by Crippen LogP contribution is -2.10. The van der Waals surface area contributed by atoms with Crippen LogP contribution >= 0.6 is 22.6 Å². The van der Waals surface area contributed by atoms with Gasteiger partial charge in [-0.25, -0.2) is 0 Å². The second kappa shape index (κ2) is 3.74. The van der Waals surface area contributed by atoms with Gasteiger partial charge in [0.1, 0.15) is 0 Å². The Balaban J connectivity index is 2.62. The van der Waals surface area contributed by atoms with Gasteiger partial charge in [0.15, 0.2) is 0 Å². The highest BCUT2D eigenvalue weighted by Gasteiger charge is 2.13. The number of rotatable bonds is 0. The number of benzene rings is 1. The highest BCUT2D eigenvalue weighted by Crippen LogP contribution is 2.25. The summed E-state index contributed by atoms with van der Waals surface area (Å²) >= 11 is 2.29. The van der Waals surface area contributed by atoms with Gasteiger partial charge in [-0.3, -0.25) is 4.98 Å². The smallest absolute Gasteiger partial charge is 0.0705 e. The highest BCUT2D eigenvalue weighted by molar-refractivity contribution is 14.1. The fourth-order valence-electron chi connectivity index (χ4n) is 1.56. The van der Waals surface area contributed by atoms with E-state index in [4.69, 9.17) is 0 Å². The lowest BCUT2D eigenvalue weighted by Gasteiger charge is -2.19. The van der Waals surface area contributed by atoms with Gasteiger partial charge in [-0.15, -0.1) is 0 Å². The van der Waals surface area contributed by atoms with Crippen LogP contribution in [0.2, 0.25) is 0 Å². The molecule has 2 heteroatoms. The molecule has 0 aliphatic rings. The average Bonchev–Trinajstić information content (AvgIpc) is 2.15. The molecule has 0 aliphatic carbocycles. The van der Waals surface area contributed by atoms with E-state index < -0.39 is 0 Å². The lowest BCUT2D eigenvalue weighted by molar-refractivity contribution is 0.591. The first-order chi connectivity index (χ1) is 6.97. The zero-order valence-corrected chi connectivity index (χ0v) is 11.4. The fourth-order valence-corrected chi connectivity index (χ4v) is 2.04. The molecular weight excluding hydrogens is 297 g/mol. The van der Waals surface area contributed by atoms with Crippen molar-refractivity contribution in [2.24, 2.45) is 0 Å². The van der Waals surface area contributed by atoms with E-state index in [9.17, 15) is 0 Å².